The van der Waals surface area contributed by atoms with E-state index >= 15 is 0 Å². The number of hydrogen-bond donors (Lipinski definition) is 3. The van der Waals surface area contributed by atoms with Crippen molar-refractivity contribution in [1.29, 1.82) is 0 Å². The van der Waals surface area contributed by atoms with Gasteiger partial charge in [-0.15, -0.1) is 24.0 Å². The molecule has 6 heteroatoms. The summed E-state index contributed by atoms with van der Waals surface area (Å²) in [4.78, 5) is 4.43. The Bertz CT molecular complexity index is 461. The molecule has 0 radical (unpaired) electrons. The summed E-state index contributed by atoms with van der Waals surface area (Å²) in [5.41, 5.74) is 0.678. The maximum absolute atomic E-state index is 12.9. The molecule has 1 unspecified atom stereocenters. The normalized spacial score (nSPS) is 17.0. The molecule has 0 spiro atoms. The molecule has 0 bridgehead atoms. The predicted octanol–water partition coefficient (Wildman–Crippen LogP) is 2.97. The van der Waals surface area contributed by atoms with Crippen LogP contribution in [0.4, 0.5) is 4.39 Å². The Morgan fingerprint density at radius 2 is 1.95 bits per heavy atom. The van der Waals surface area contributed by atoms with Crippen molar-refractivity contribution >= 4 is 29.9 Å². The molecule has 1 aliphatic rings. The number of nitrogens with one attached hydrogen (secondary N) is 2. The van der Waals surface area contributed by atoms with Crippen LogP contribution in [-0.2, 0) is 0 Å². The van der Waals surface area contributed by atoms with Crippen LogP contribution < -0.4 is 10.6 Å². The van der Waals surface area contributed by atoms with Crippen molar-refractivity contribution in [2.75, 3.05) is 13.1 Å². The Morgan fingerprint density at radius 1 is 1.32 bits per heavy atom. The fourth-order valence-corrected chi connectivity index (χ4v) is 2.55. The van der Waals surface area contributed by atoms with Crippen molar-refractivity contribution in [2.24, 2.45) is 4.99 Å². The van der Waals surface area contributed by atoms with Crippen molar-refractivity contribution in [3.05, 3.63) is 35.6 Å². The summed E-state index contributed by atoms with van der Waals surface area (Å²) >= 11 is 0. The van der Waals surface area contributed by atoms with Crippen molar-refractivity contribution in [3.8, 4) is 0 Å². The molecule has 1 aliphatic carbocycles. The van der Waals surface area contributed by atoms with Crippen molar-refractivity contribution in [2.45, 2.75) is 44.8 Å². The van der Waals surface area contributed by atoms with Crippen LogP contribution in [0.15, 0.2) is 29.3 Å². The highest BCUT2D eigenvalue weighted by Crippen LogP contribution is 2.17. The lowest BCUT2D eigenvalue weighted by atomic mass is 10.1. The first kappa shape index (κ1) is 19.2. The fraction of sp³-hybridized carbons (Fsp3) is 0.562. The number of aliphatic imine (C=N–C) groups is 1. The van der Waals surface area contributed by atoms with Gasteiger partial charge in [-0.05, 0) is 37.5 Å². The summed E-state index contributed by atoms with van der Waals surface area (Å²) in [7, 11) is 0. The van der Waals surface area contributed by atoms with E-state index in [-0.39, 0.29) is 36.3 Å². The van der Waals surface area contributed by atoms with E-state index in [1.165, 1.54) is 37.8 Å². The van der Waals surface area contributed by atoms with Crippen LogP contribution in [0.25, 0.3) is 0 Å². The van der Waals surface area contributed by atoms with E-state index in [0.717, 1.165) is 12.5 Å². The molecule has 124 valence electrons. The largest absolute Gasteiger partial charge is 0.386 e. The molecule has 0 saturated heterocycles. The van der Waals surface area contributed by atoms with Gasteiger partial charge in [0.15, 0.2) is 5.96 Å². The van der Waals surface area contributed by atoms with Crippen LogP contribution in [-0.4, -0.2) is 30.2 Å². The van der Waals surface area contributed by atoms with Gasteiger partial charge in [-0.25, -0.2) is 4.39 Å². The van der Waals surface area contributed by atoms with Gasteiger partial charge >= 0.3 is 0 Å². The molecule has 3 N–H and O–H groups in total. The summed E-state index contributed by atoms with van der Waals surface area (Å²) in [5.74, 6) is 0.441. The van der Waals surface area contributed by atoms with Crippen LogP contribution in [0, 0.1) is 5.82 Å². The van der Waals surface area contributed by atoms with Crippen LogP contribution in [0.5, 0.6) is 0 Å². The molecule has 4 nitrogen and oxygen atoms in total. The number of guanidine groups is 1. The molecule has 1 saturated carbocycles. The topological polar surface area (TPSA) is 56.7 Å². The smallest absolute Gasteiger partial charge is 0.191 e. The molecular weight excluding hydrogens is 396 g/mol. The fourth-order valence-electron chi connectivity index (χ4n) is 2.55. The minimum absolute atomic E-state index is 0. The van der Waals surface area contributed by atoms with Gasteiger partial charge in [0.1, 0.15) is 5.82 Å². The van der Waals surface area contributed by atoms with Gasteiger partial charge in [0.2, 0.25) is 0 Å². The molecule has 0 aromatic heterocycles. The van der Waals surface area contributed by atoms with Crippen LogP contribution in [0.1, 0.15) is 44.3 Å². The minimum Gasteiger partial charge on any atom is -0.386 e. The van der Waals surface area contributed by atoms with Crippen LogP contribution >= 0.6 is 24.0 Å². The Labute approximate surface area is 148 Å². The second-order valence-corrected chi connectivity index (χ2v) is 5.41. The summed E-state index contributed by atoms with van der Waals surface area (Å²) in [5, 5.41) is 16.7. The zero-order valence-electron chi connectivity index (χ0n) is 12.9. The Hall–Kier alpha value is -0.890. The molecule has 22 heavy (non-hydrogen) atoms. The number of aliphatic hydroxyl groups excluding tert-OH is 1. The molecule has 1 atom stereocenters. The maximum atomic E-state index is 12.9. The highest BCUT2D eigenvalue weighted by atomic mass is 127. The zero-order chi connectivity index (χ0) is 15.1. The third kappa shape index (κ3) is 6.08. The van der Waals surface area contributed by atoms with E-state index in [0.29, 0.717) is 11.6 Å². The number of aliphatic hydroxyl groups is 1. The number of benzene rings is 1. The first-order valence-electron chi connectivity index (χ1n) is 7.67. The van der Waals surface area contributed by atoms with E-state index in [9.17, 15) is 9.50 Å². The van der Waals surface area contributed by atoms with Crippen LogP contribution in [0.2, 0.25) is 0 Å². The van der Waals surface area contributed by atoms with E-state index in [2.05, 4.69) is 15.6 Å². The van der Waals surface area contributed by atoms with Gasteiger partial charge in [-0.2, -0.15) is 0 Å². The average molecular weight is 421 g/mol. The second-order valence-electron chi connectivity index (χ2n) is 5.41. The highest BCUT2D eigenvalue weighted by Gasteiger charge is 2.16. The molecule has 2 rings (SSSR count). The van der Waals surface area contributed by atoms with Gasteiger partial charge < -0.3 is 15.7 Å². The highest BCUT2D eigenvalue weighted by molar-refractivity contribution is 14.0. The summed E-state index contributed by atoms with van der Waals surface area (Å²) < 4.78 is 12.9. The zero-order valence-corrected chi connectivity index (χ0v) is 15.2. The van der Waals surface area contributed by atoms with Crippen molar-refractivity contribution < 1.29 is 9.50 Å². The van der Waals surface area contributed by atoms with E-state index < -0.39 is 6.10 Å². The third-order valence-corrected chi connectivity index (χ3v) is 3.72. The summed E-state index contributed by atoms with van der Waals surface area (Å²) in [6.07, 6.45) is 4.14. The number of hydrogen-bond acceptors (Lipinski definition) is 2. The van der Waals surface area contributed by atoms with Gasteiger partial charge in [0.25, 0.3) is 0 Å². The molecule has 1 fully saturated rings. The van der Waals surface area contributed by atoms with Gasteiger partial charge in [-0.1, -0.05) is 25.0 Å². The monoisotopic (exact) mass is 421 g/mol. The lowest BCUT2D eigenvalue weighted by molar-refractivity contribution is 0.187. The molecule has 1 aromatic carbocycles. The van der Waals surface area contributed by atoms with Crippen LogP contribution in [0.3, 0.4) is 0 Å². The molecule has 0 amide bonds. The Kier molecular flexibility index (Phi) is 8.70. The lowest BCUT2D eigenvalue weighted by Gasteiger charge is -2.17. The van der Waals surface area contributed by atoms with E-state index in [1.807, 2.05) is 6.92 Å². The molecule has 0 aliphatic heterocycles. The van der Waals surface area contributed by atoms with E-state index in [4.69, 9.17) is 0 Å². The average Bonchev–Trinajstić information content (AvgIpc) is 2.98. The molecule has 1 aromatic rings. The second kappa shape index (κ2) is 9.99. The summed E-state index contributed by atoms with van der Waals surface area (Å²) in [6.45, 7) is 3.06. The number of nitrogens with zero attached hydrogens (tertiary/aromatic N) is 1. The number of halogens is 2. The lowest BCUT2D eigenvalue weighted by Crippen LogP contribution is -2.42. The van der Waals surface area contributed by atoms with Crippen molar-refractivity contribution in [3.63, 3.8) is 0 Å². The predicted molar refractivity (Wildman–Crippen MR) is 98.1 cm³/mol. The first-order chi connectivity index (χ1) is 10.2. The minimum atomic E-state index is -0.718. The Morgan fingerprint density at radius 3 is 2.55 bits per heavy atom. The van der Waals surface area contributed by atoms with Gasteiger partial charge in [0, 0.05) is 12.6 Å². The third-order valence-electron chi connectivity index (χ3n) is 3.72. The van der Waals surface area contributed by atoms with Crippen molar-refractivity contribution in [1.82, 2.24) is 10.6 Å². The maximum Gasteiger partial charge on any atom is 0.191 e. The first-order valence-corrected chi connectivity index (χ1v) is 7.67. The summed E-state index contributed by atoms with van der Waals surface area (Å²) in [6, 6.07) is 6.36. The Balaban J connectivity index is 0.00000242. The quantitative estimate of drug-likeness (QED) is 0.389. The molecular formula is C16H25FIN3O. The number of rotatable bonds is 5. The SMILES string of the molecule is CCNC(=NCC(O)c1ccc(F)cc1)NC1CCCC1.I. The van der Waals surface area contributed by atoms with Gasteiger partial charge in [0.05, 0.1) is 12.6 Å². The standard InChI is InChI=1S/C16H24FN3O.HI/c1-2-18-16(20-14-5-3-4-6-14)19-11-15(21)12-7-9-13(17)10-8-12;/h7-10,14-15,21H,2-6,11H2,1H3,(H2,18,19,20);1H. The van der Waals surface area contributed by atoms with E-state index in [1.54, 1.807) is 12.1 Å². The molecule has 0 heterocycles. The van der Waals surface area contributed by atoms with Gasteiger partial charge in [-0.3, -0.25) is 4.99 Å².